The summed E-state index contributed by atoms with van der Waals surface area (Å²) in [5, 5.41) is 28.3. The maximum absolute atomic E-state index is 11.4. The second kappa shape index (κ2) is 16.0. The summed E-state index contributed by atoms with van der Waals surface area (Å²) < 4.78 is 11.4. The number of nitrogens with two attached hydrogens (primary N) is 1. The molecule has 9 nitrogen and oxygen atoms in total. The number of hydrogen-bond acceptors (Lipinski definition) is 7. The zero-order chi connectivity index (χ0) is 22.1. The van der Waals surface area contributed by atoms with Gasteiger partial charge in [-0.3, -0.25) is 4.21 Å². The molecule has 1 unspecified atom stereocenters. The third kappa shape index (κ3) is 13.7. The molecular weight excluding hydrogens is 398 g/mol. The Morgan fingerprint density at radius 3 is 2.24 bits per heavy atom. The van der Waals surface area contributed by atoms with Gasteiger partial charge in [0.25, 0.3) is 0 Å². The maximum atomic E-state index is 11.4. The molecule has 0 aliphatic carbocycles. The van der Waals surface area contributed by atoms with E-state index in [9.17, 15) is 13.8 Å². The van der Waals surface area contributed by atoms with Crippen LogP contribution in [0, 0.1) is 11.3 Å². The molecule has 1 rings (SSSR count). The summed E-state index contributed by atoms with van der Waals surface area (Å²) in [5.41, 5.74) is 7.15. The SMILES string of the molecule is CS(=O)c1ccc(C(CCCCC#N)=NOCCN)cc1.O=C(O)/C=C/C(=O)O. The molecule has 0 aromatic heterocycles. The number of carboxylic acids is 2. The second-order valence-electron chi connectivity index (χ2n) is 5.51. The molecule has 29 heavy (non-hydrogen) atoms. The van der Waals surface area contributed by atoms with Gasteiger partial charge in [-0.25, -0.2) is 9.59 Å². The van der Waals surface area contributed by atoms with Crippen molar-refractivity contribution in [1.82, 2.24) is 0 Å². The van der Waals surface area contributed by atoms with Gasteiger partial charge in [0.05, 0.1) is 11.8 Å². The Bertz CT molecular complexity index is 753. The monoisotopic (exact) mass is 423 g/mol. The van der Waals surface area contributed by atoms with Crippen molar-refractivity contribution in [3.8, 4) is 6.07 Å². The summed E-state index contributed by atoms with van der Waals surface area (Å²) in [6.45, 7) is 0.789. The van der Waals surface area contributed by atoms with E-state index in [0.717, 1.165) is 35.4 Å². The lowest BCUT2D eigenvalue weighted by atomic mass is 10.0. The normalized spacial score (nSPS) is 11.8. The average molecular weight is 423 g/mol. The summed E-state index contributed by atoms with van der Waals surface area (Å²) in [4.78, 5) is 25.1. The molecule has 1 atom stereocenters. The molecule has 4 N–H and O–H groups in total. The lowest BCUT2D eigenvalue weighted by Gasteiger charge is -2.07. The number of nitriles is 1. The predicted molar refractivity (Wildman–Crippen MR) is 109 cm³/mol. The van der Waals surface area contributed by atoms with E-state index in [1.165, 1.54) is 0 Å². The average Bonchev–Trinajstić information content (AvgIpc) is 2.69. The van der Waals surface area contributed by atoms with Crippen molar-refractivity contribution in [3.05, 3.63) is 42.0 Å². The quantitative estimate of drug-likeness (QED) is 0.210. The van der Waals surface area contributed by atoms with Crippen LogP contribution < -0.4 is 5.73 Å². The largest absolute Gasteiger partial charge is 0.478 e. The van der Waals surface area contributed by atoms with Gasteiger partial charge < -0.3 is 20.8 Å². The first-order valence-electron chi connectivity index (χ1n) is 8.65. The van der Waals surface area contributed by atoms with Crippen LogP contribution in [-0.2, 0) is 25.2 Å². The van der Waals surface area contributed by atoms with E-state index in [1.54, 1.807) is 6.26 Å². The van der Waals surface area contributed by atoms with Gasteiger partial charge in [-0.2, -0.15) is 5.26 Å². The van der Waals surface area contributed by atoms with Crippen LogP contribution in [0.1, 0.15) is 31.2 Å². The summed E-state index contributed by atoms with van der Waals surface area (Å²) in [7, 11) is -0.989. The molecule has 0 aliphatic rings. The molecule has 158 valence electrons. The van der Waals surface area contributed by atoms with Crippen molar-refractivity contribution in [2.45, 2.75) is 30.6 Å². The molecule has 0 saturated heterocycles. The Morgan fingerprint density at radius 1 is 1.21 bits per heavy atom. The number of hydrogen-bond donors (Lipinski definition) is 3. The number of nitrogens with zero attached hydrogens (tertiary/aromatic N) is 2. The minimum atomic E-state index is -1.26. The van der Waals surface area contributed by atoms with Crippen LogP contribution in [0.3, 0.4) is 0 Å². The van der Waals surface area contributed by atoms with Gasteiger partial charge in [0.1, 0.15) is 6.61 Å². The fourth-order valence-electron chi connectivity index (χ4n) is 1.90. The Hall–Kier alpha value is -3.03. The number of oxime groups is 1. The summed E-state index contributed by atoms with van der Waals surface area (Å²) >= 11 is 0. The van der Waals surface area contributed by atoms with Crippen molar-refractivity contribution in [3.63, 3.8) is 0 Å². The number of unbranched alkanes of at least 4 members (excludes halogenated alkanes) is 2. The number of rotatable bonds is 11. The minimum absolute atomic E-state index is 0.374. The Morgan fingerprint density at radius 2 is 1.79 bits per heavy atom. The van der Waals surface area contributed by atoms with Crippen LogP contribution >= 0.6 is 0 Å². The van der Waals surface area contributed by atoms with Crippen molar-refractivity contribution in [1.29, 1.82) is 5.26 Å². The van der Waals surface area contributed by atoms with Crippen LogP contribution in [0.2, 0.25) is 0 Å². The molecule has 0 amide bonds. The smallest absolute Gasteiger partial charge is 0.328 e. The number of benzene rings is 1. The molecular formula is C19H25N3O6S. The lowest BCUT2D eigenvalue weighted by Crippen LogP contribution is -2.08. The first kappa shape index (κ1) is 26.0. The van der Waals surface area contributed by atoms with E-state index >= 15 is 0 Å². The van der Waals surface area contributed by atoms with Crippen LogP contribution in [0.15, 0.2) is 46.5 Å². The molecule has 0 saturated carbocycles. The van der Waals surface area contributed by atoms with Gasteiger partial charge in [0, 0.05) is 47.1 Å². The molecule has 1 aromatic rings. The molecule has 0 radical (unpaired) electrons. The molecule has 1 aromatic carbocycles. The van der Waals surface area contributed by atoms with E-state index in [4.69, 9.17) is 26.0 Å². The van der Waals surface area contributed by atoms with E-state index < -0.39 is 22.7 Å². The fraction of sp³-hybridized carbons (Fsp3) is 0.368. The highest BCUT2D eigenvalue weighted by Crippen LogP contribution is 2.13. The first-order chi connectivity index (χ1) is 13.8. The summed E-state index contributed by atoms with van der Waals surface area (Å²) in [5.74, 6) is -2.51. The predicted octanol–water partition coefficient (Wildman–Crippen LogP) is 1.90. The Labute approximate surface area is 171 Å². The molecule has 0 fully saturated rings. The highest BCUT2D eigenvalue weighted by atomic mass is 32.2. The number of carboxylic acid groups (broad SMARTS) is 2. The van der Waals surface area contributed by atoms with Gasteiger partial charge in [-0.15, -0.1) is 0 Å². The zero-order valence-electron chi connectivity index (χ0n) is 16.1. The van der Waals surface area contributed by atoms with Crippen LogP contribution in [0.5, 0.6) is 0 Å². The zero-order valence-corrected chi connectivity index (χ0v) is 16.9. The molecule has 0 heterocycles. The lowest BCUT2D eigenvalue weighted by molar-refractivity contribution is -0.134. The maximum Gasteiger partial charge on any atom is 0.328 e. The van der Waals surface area contributed by atoms with Crippen LogP contribution in [-0.4, -0.2) is 51.5 Å². The highest BCUT2D eigenvalue weighted by Gasteiger charge is 2.06. The molecule has 0 aliphatic heterocycles. The van der Waals surface area contributed by atoms with Crippen molar-refractivity contribution >= 4 is 28.4 Å². The second-order valence-corrected chi connectivity index (χ2v) is 6.89. The van der Waals surface area contributed by atoms with Crippen molar-refractivity contribution < 1.29 is 28.8 Å². The minimum Gasteiger partial charge on any atom is -0.478 e. The van der Waals surface area contributed by atoms with E-state index in [-0.39, 0.29) is 0 Å². The first-order valence-corrected chi connectivity index (χ1v) is 10.2. The van der Waals surface area contributed by atoms with Crippen molar-refractivity contribution in [2.24, 2.45) is 10.9 Å². The van der Waals surface area contributed by atoms with Gasteiger partial charge in [0.2, 0.25) is 0 Å². The third-order valence-corrected chi connectivity index (χ3v) is 4.16. The van der Waals surface area contributed by atoms with Crippen molar-refractivity contribution in [2.75, 3.05) is 19.4 Å². The highest BCUT2D eigenvalue weighted by molar-refractivity contribution is 7.84. The van der Waals surface area contributed by atoms with Gasteiger partial charge in [-0.05, 0) is 37.0 Å². The van der Waals surface area contributed by atoms with E-state index in [2.05, 4.69) is 11.2 Å². The standard InChI is InChI=1S/C15H21N3O2S.C4H4O4/c1-21(19)14-8-6-13(7-9-14)15(18-20-12-11-17)5-3-2-4-10-16;5-3(6)1-2-4(7)8/h6-9H,2-5,11-12,17H2,1H3;1-2H,(H,5,6)(H,7,8)/b;2-1+. The summed E-state index contributed by atoms with van der Waals surface area (Å²) in [6.07, 6.45) is 5.76. The van der Waals surface area contributed by atoms with Crippen LogP contribution in [0.25, 0.3) is 0 Å². The number of carbonyl (C=O) groups is 2. The number of aliphatic carboxylic acids is 2. The molecule has 10 heteroatoms. The van der Waals surface area contributed by atoms with Gasteiger partial charge in [-0.1, -0.05) is 17.3 Å². The Balaban J connectivity index is 0.000000828. The molecule has 0 spiro atoms. The van der Waals surface area contributed by atoms with E-state index in [0.29, 0.717) is 31.7 Å². The third-order valence-electron chi connectivity index (χ3n) is 3.22. The van der Waals surface area contributed by atoms with E-state index in [1.807, 2.05) is 24.3 Å². The molecule has 0 bridgehead atoms. The van der Waals surface area contributed by atoms with Gasteiger partial charge in [0.15, 0.2) is 0 Å². The van der Waals surface area contributed by atoms with Gasteiger partial charge >= 0.3 is 11.9 Å². The topological polar surface area (TPSA) is 163 Å². The van der Waals surface area contributed by atoms with Crippen LogP contribution in [0.4, 0.5) is 0 Å². The summed E-state index contributed by atoms with van der Waals surface area (Å²) in [6, 6.07) is 9.59. The fourth-order valence-corrected chi connectivity index (χ4v) is 2.42. The Kier molecular flexibility index (Phi) is 14.3.